The number of nitriles is 1. The van der Waals surface area contributed by atoms with Crippen LogP contribution in [0.5, 0.6) is 5.75 Å². The molecule has 0 aromatic heterocycles. The largest absolute Gasteiger partial charge is 0.493 e. The van der Waals surface area contributed by atoms with Crippen LogP contribution in [0.1, 0.15) is 62.0 Å². The van der Waals surface area contributed by atoms with Crippen molar-refractivity contribution in [2.45, 2.75) is 56.9 Å². The molecule has 5 nitrogen and oxygen atoms in total. The molecular formula is C24H32ClN3O2. The molecule has 1 saturated heterocycles. The van der Waals surface area contributed by atoms with Gasteiger partial charge in [0, 0.05) is 48.8 Å². The van der Waals surface area contributed by atoms with E-state index in [4.69, 9.17) is 16.3 Å². The van der Waals surface area contributed by atoms with Gasteiger partial charge in [-0.05, 0) is 69.2 Å². The first-order valence-electron chi connectivity index (χ1n) is 11.4. The second-order valence-corrected chi connectivity index (χ2v) is 9.55. The predicted molar refractivity (Wildman–Crippen MR) is 118 cm³/mol. The van der Waals surface area contributed by atoms with Crippen molar-refractivity contribution in [1.82, 2.24) is 10.2 Å². The molecule has 30 heavy (non-hydrogen) atoms. The summed E-state index contributed by atoms with van der Waals surface area (Å²) in [7, 11) is 0. The lowest BCUT2D eigenvalue weighted by molar-refractivity contribution is -0.122. The Morgan fingerprint density at radius 3 is 2.87 bits per heavy atom. The second kappa shape index (κ2) is 10.0. The van der Waals surface area contributed by atoms with E-state index < -0.39 is 0 Å². The third-order valence-electron chi connectivity index (χ3n) is 7.11. The molecule has 1 aromatic carbocycles. The number of rotatable bonds is 7. The van der Waals surface area contributed by atoms with Crippen LogP contribution in [0.25, 0.3) is 0 Å². The molecular weight excluding hydrogens is 398 g/mol. The number of amides is 1. The van der Waals surface area contributed by atoms with Gasteiger partial charge < -0.3 is 15.0 Å². The molecule has 1 N–H and O–H groups in total. The maximum absolute atomic E-state index is 11.9. The molecule has 2 heterocycles. The molecule has 2 atom stereocenters. The number of hydrogen-bond acceptors (Lipinski definition) is 4. The topological polar surface area (TPSA) is 65.4 Å². The summed E-state index contributed by atoms with van der Waals surface area (Å²) in [5.41, 5.74) is 1.95. The first-order valence-corrected chi connectivity index (χ1v) is 11.9. The fourth-order valence-corrected chi connectivity index (χ4v) is 5.52. The summed E-state index contributed by atoms with van der Waals surface area (Å²) in [6, 6.07) is 8.44. The van der Waals surface area contributed by atoms with E-state index in [2.05, 4.69) is 16.3 Å². The Bertz CT molecular complexity index is 785. The van der Waals surface area contributed by atoms with Gasteiger partial charge in [-0.25, -0.2) is 0 Å². The van der Waals surface area contributed by atoms with Crippen LogP contribution in [-0.4, -0.2) is 49.0 Å². The molecule has 0 unspecified atom stereocenters. The highest BCUT2D eigenvalue weighted by Gasteiger charge is 2.38. The zero-order valence-electron chi connectivity index (χ0n) is 17.6. The van der Waals surface area contributed by atoms with Crippen LogP contribution in [-0.2, 0) is 4.79 Å². The molecule has 1 aliphatic carbocycles. The van der Waals surface area contributed by atoms with Crippen LogP contribution >= 0.6 is 11.6 Å². The number of ether oxygens (including phenoxy) is 1. The average Bonchev–Trinajstić information content (AvgIpc) is 3.20. The number of likely N-dealkylation sites (tertiary alicyclic amines) is 1. The molecule has 1 amide bonds. The number of alkyl halides is 1. The summed E-state index contributed by atoms with van der Waals surface area (Å²) >= 11 is 5.67. The number of carbonyl (C=O) groups excluding carboxylic acids is 1. The van der Waals surface area contributed by atoms with E-state index in [1.807, 2.05) is 18.2 Å². The number of halogens is 1. The SMILES string of the molecule is N#Cc1ccc2c(c1)[C@@H]1CN(CC[C@H]3CC[C@H](NC(=O)CCCCl)CC3)C[C@H]1CO2. The van der Waals surface area contributed by atoms with Gasteiger partial charge in [-0.1, -0.05) is 0 Å². The van der Waals surface area contributed by atoms with Crippen LogP contribution in [0.15, 0.2) is 18.2 Å². The molecule has 1 saturated carbocycles. The number of nitrogens with one attached hydrogen (secondary N) is 1. The van der Waals surface area contributed by atoms with Gasteiger partial charge in [0.15, 0.2) is 0 Å². The zero-order valence-corrected chi connectivity index (χ0v) is 18.4. The number of carbonyl (C=O) groups is 1. The number of hydrogen-bond donors (Lipinski definition) is 1. The lowest BCUT2D eigenvalue weighted by Crippen LogP contribution is -2.38. The average molecular weight is 430 g/mol. The number of fused-ring (bicyclic) bond motifs is 3. The highest BCUT2D eigenvalue weighted by atomic mass is 35.5. The Morgan fingerprint density at radius 1 is 1.27 bits per heavy atom. The van der Waals surface area contributed by atoms with Crippen LogP contribution < -0.4 is 10.1 Å². The molecule has 0 spiro atoms. The summed E-state index contributed by atoms with van der Waals surface area (Å²) in [5, 5.41) is 12.4. The minimum Gasteiger partial charge on any atom is -0.493 e. The highest BCUT2D eigenvalue weighted by Crippen LogP contribution is 2.42. The van der Waals surface area contributed by atoms with Gasteiger partial charge >= 0.3 is 0 Å². The van der Waals surface area contributed by atoms with Gasteiger partial charge in [-0.2, -0.15) is 5.26 Å². The van der Waals surface area contributed by atoms with Crippen molar-refractivity contribution >= 4 is 17.5 Å². The Morgan fingerprint density at radius 2 is 2.10 bits per heavy atom. The lowest BCUT2D eigenvalue weighted by Gasteiger charge is -2.30. The summed E-state index contributed by atoms with van der Waals surface area (Å²) < 4.78 is 5.97. The molecule has 4 rings (SSSR count). The fourth-order valence-electron chi connectivity index (χ4n) is 5.39. The summed E-state index contributed by atoms with van der Waals surface area (Å²) in [4.78, 5) is 14.5. The third-order valence-corrected chi connectivity index (χ3v) is 7.38. The van der Waals surface area contributed by atoms with E-state index in [-0.39, 0.29) is 5.91 Å². The first-order chi connectivity index (χ1) is 14.7. The molecule has 1 aromatic rings. The van der Waals surface area contributed by atoms with E-state index in [0.717, 1.165) is 62.7 Å². The van der Waals surface area contributed by atoms with E-state index in [1.54, 1.807) is 0 Å². The van der Waals surface area contributed by atoms with Crippen molar-refractivity contribution in [2.75, 3.05) is 32.1 Å². The maximum atomic E-state index is 11.9. The summed E-state index contributed by atoms with van der Waals surface area (Å²) in [6.45, 7) is 4.08. The van der Waals surface area contributed by atoms with E-state index in [9.17, 15) is 10.1 Å². The van der Waals surface area contributed by atoms with E-state index in [1.165, 1.54) is 24.8 Å². The van der Waals surface area contributed by atoms with Crippen LogP contribution in [0, 0.1) is 23.2 Å². The van der Waals surface area contributed by atoms with Gasteiger partial charge in [-0.3, -0.25) is 4.79 Å². The van der Waals surface area contributed by atoms with Gasteiger partial charge in [0.25, 0.3) is 0 Å². The maximum Gasteiger partial charge on any atom is 0.220 e. The Labute approximate surface area is 184 Å². The van der Waals surface area contributed by atoms with E-state index in [0.29, 0.717) is 30.2 Å². The third kappa shape index (κ3) is 5.10. The summed E-state index contributed by atoms with van der Waals surface area (Å²) in [6.07, 6.45) is 7.15. The van der Waals surface area contributed by atoms with Gasteiger partial charge in [-0.15, -0.1) is 11.6 Å². The monoisotopic (exact) mass is 429 g/mol. The van der Waals surface area contributed by atoms with Crippen LogP contribution in [0.4, 0.5) is 0 Å². The van der Waals surface area contributed by atoms with Gasteiger partial charge in [0.05, 0.1) is 18.2 Å². The number of benzene rings is 1. The van der Waals surface area contributed by atoms with Crippen molar-refractivity contribution in [3.63, 3.8) is 0 Å². The molecule has 0 bridgehead atoms. The first kappa shape index (κ1) is 21.5. The quantitative estimate of drug-likeness (QED) is 0.664. The minimum absolute atomic E-state index is 0.154. The molecule has 0 radical (unpaired) electrons. The number of nitrogens with zero attached hydrogens (tertiary/aromatic N) is 2. The zero-order chi connectivity index (χ0) is 20.9. The normalized spacial score (nSPS) is 28.1. The minimum atomic E-state index is 0.154. The second-order valence-electron chi connectivity index (χ2n) is 9.17. The Hall–Kier alpha value is -1.77. The molecule has 162 valence electrons. The standard InChI is InChI=1S/C24H32ClN3O2/c25-10-1-2-24(29)27-20-6-3-17(4-7-20)9-11-28-14-19-16-30-23-8-5-18(13-26)12-21(23)22(19)15-28/h5,8,12,17,19-20,22H,1-4,6-7,9-11,14-16H2,(H,27,29)/t17-,19-,20-,22+/m0/s1. The van der Waals surface area contributed by atoms with Crippen molar-refractivity contribution < 1.29 is 9.53 Å². The molecule has 2 aliphatic heterocycles. The predicted octanol–water partition coefficient (Wildman–Crippen LogP) is 4.05. The fraction of sp³-hybridized carbons (Fsp3) is 0.667. The van der Waals surface area contributed by atoms with E-state index >= 15 is 0 Å². The van der Waals surface area contributed by atoms with Crippen LogP contribution in [0.3, 0.4) is 0 Å². The molecule has 6 heteroatoms. The van der Waals surface area contributed by atoms with Crippen molar-refractivity contribution in [3.8, 4) is 11.8 Å². The van der Waals surface area contributed by atoms with Crippen molar-refractivity contribution in [2.24, 2.45) is 11.8 Å². The van der Waals surface area contributed by atoms with Gasteiger partial charge in [0.2, 0.25) is 5.91 Å². The Kier molecular flexibility index (Phi) is 7.17. The molecule has 3 aliphatic rings. The van der Waals surface area contributed by atoms with Crippen LogP contribution in [0.2, 0.25) is 0 Å². The van der Waals surface area contributed by atoms with Crippen molar-refractivity contribution in [3.05, 3.63) is 29.3 Å². The van der Waals surface area contributed by atoms with Crippen molar-refractivity contribution in [1.29, 1.82) is 5.26 Å². The Balaban J connectivity index is 1.22. The molecule has 2 fully saturated rings. The smallest absolute Gasteiger partial charge is 0.220 e. The summed E-state index contributed by atoms with van der Waals surface area (Å²) in [5.74, 6) is 3.45. The van der Waals surface area contributed by atoms with Gasteiger partial charge in [0.1, 0.15) is 5.75 Å². The highest BCUT2D eigenvalue weighted by molar-refractivity contribution is 6.17. The lowest BCUT2D eigenvalue weighted by atomic mass is 9.84.